The number of carbonyl (C=O) groups excluding carboxylic acids is 1. The fourth-order valence-electron chi connectivity index (χ4n) is 1.56. The first kappa shape index (κ1) is 12.0. The molecule has 2 unspecified atom stereocenters. The molecule has 2 N–H and O–H groups in total. The molecule has 0 saturated heterocycles. The van der Waals surface area contributed by atoms with Crippen molar-refractivity contribution in [3.8, 4) is 0 Å². The maximum atomic E-state index is 11.7. The molecule has 4 heteroatoms. The number of carbonyl (C=O) groups is 2. The van der Waals surface area contributed by atoms with Crippen LogP contribution in [0.15, 0.2) is 0 Å². The Labute approximate surface area is 90.0 Å². The molecular formula is C11H19NO3. The highest BCUT2D eigenvalue weighted by atomic mass is 16.4. The number of nitrogens with one attached hydrogen (secondary N) is 1. The Balaban J connectivity index is 2.67. The van der Waals surface area contributed by atoms with Gasteiger partial charge in [0.05, 0.1) is 0 Å². The highest BCUT2D eigenvalue weighted by molar-refractivity contribution is 5.88. The second-order valence-corrected chi connectivity index (χ2v) is 4.58. The van der Waals surface area contributed by atoms with Crippen LogP contribution < -0.4 is 5.32 Å². The largest absolute Gasteiger partial charge is 0.480 e. The SMILES string of the molecule is CCC(C)C(=O)NC(C)(C(=O)O)C1CC1. The van der Waals surface area contributed by atoms with Crippen LogP contribution in [-0.2, 0) is 9.59 Å². The molecule has 1 rings (SSSR count). The zero-order chi connectivity index (χ0) is 11.6. The van der Waals surface area contributed by atoms with Crippen LogP contribution in [0.3, 0.4) is 0 Å². The van der Waals surface area contributed by atoms with Crippen LogP contribution in [0.2, 0.25) is 0 Å². The zero-order valence-electron chi connectivity index (χ0n) is 9.54. The predicted octanol–water partition coefficient (Wildman–Crippen LogP) is 1.40. The van der Waals surface area contributed by atoms with E-state index in [0.29, 0.717) is 0 Å². The van der Waals surface area contributed by atoms with E-state index in [9.17, 15) is 9.59 Å². The summed E-state index contributed by atoms with van der Waals surface area (Å²) in [4.78, 5) is 22.8. The van der Waals surface area contributed by atoms with Crippen LogP contribution in [0.1, 0.15) is 40.0 Å². The summed E-state index contributed by atoms with van der Waals surface area (Å²) >= 11 is 0. The van der Waals surface area contributed by atoms with Crippen LogP contribution >= 0.6 is 0 Å². The lowest BCUT2D eigenvalue weighted by molar-refractivity contribution is -0.148. The van der Waals surface area contributed by atoms with E-state index in [-0.39, 0.29) is 17.7 Å². The van der Waals surface area contributed by atoms with Crippen LogP contribution in [0, 0.1) is 11.8 Å². The van der Waals surface area contributed by atoms with Gasteiger partial charge in [0.2, 0.25) is 5.91 Å². The first-order valence-corrected chi connectivity index (χ1v) is 5.47. The standard InChI is InChI=1S/C11H19NO3/c1-4-7(2)9(13)12-11(3,10(14)15)8-5-6-8/h7-8H,4-6H2,1-3H3,(H,12,13)(H,14,15). The fourth-order valence-corrected chi connectivity index (χ4v) is 1.56. The number of carboxylic acids is 1. The summed E-state index contributed by atoms with van der Waals surface area (Å²) in [6.45, 7) is 5.33. The molecule has 1 saturated carbocycles. The molecule has 1 amide bonds. The van der Waals surface area contributed by atoms with Crippen LogP contribution in [0.25, 0.3) is 0 Å². The number of hydrogen-bond donors (Lipinski definition) is 2. The van der Waals surface area contributed by atoms with Crippen molar-refractivity contribution in [1.29, 1.82) is 0 Å². The van der Waals surface area contributed by atoms with Crippen molar-refractivity contribution >= 4 is 11.9 Å². The molecule has 0 aliphatic heterocycles. The van der Waals surface area contributed by atoms with E-state index in [2.05, 4.69) is 5.32 Å². The minimum Gasteiger partial charge on any atom is -0.480 e. The Bertz CT molecular complexity index is 273. The summed E-state index contributed by atoms with van der Waals surface area (Å²) in [5.41, 5.74) is -1.07. The fraction of sp³-hybridized carbons (Fsp3) is 0.818. The summed E-state index contributed by atoms with van der Waals surface area (Å²) in [6.07, 6.45) is 2.51. The molecule has 0 bridgehead atoms. The normalized spacial score (nSPS) is 21.5. The minimum atomic E-state index is -1.07. The average molecular weight is 213 g/mol. The third-order valence-corrected chi connectivity index (χ3v) is 3.28. The lowest BCUT2D eigenvalue weighted by Crippen LogP contribution is -2.55. The minimum absolute atomic E-state index is 0.100. The lowest BCUT2D eigenvalue weighted by atomic mass is 9.94. The first-order valence-electron chi connectivity index (χ1n) is 5.47. The summed E-state index contributed by atoms with van der Waals surface area (Å²) < 4.78 is 0. The van der Waals surface area contributed by atoms with Gasteiger partial charge in [-0.15, -0.1) is 0 Å². The predicted molar refractivity (Wildman–Crippen MR) is 56.4 cm³/mol. The van der Waals surface area contributed by atoms with E-state index in [1.807, 2.05) is 13.8 Å². The Hall–Kier alpha value is -1.06. The van der Waals surface area contributed by atoms with Crippen molar-refractivity contribution in [2.75, 3.05) is 0 Å². The van der Waals surface area contributed by atoms with Crippen LogP contribution in [-0.4, -0.2) is 22.5 Å². The number of carboxylic acid groups (broad SMARTS) is 1. The highest BCUT2D eigenvalue weighted by Gasteiger charge is 2.48. The molecule has 0 aromatic heterocycles. The first-order chi connectivity index (χ1) is 6.91. The maximum absolute atomic E-state index is 11.7. The van der Waals surface area contributed by atoms with Crippen molar-refractivity contribution in [3.63, 3.8) is 0 Å². The molecule has 0 aromatic carbocycles. The van der Waals surface area contributed by atoms with Gasteiger partial charge in [-0.3, -0.25) is 4.79 Å². The van der Waals surface area contributed by atoms with Gasteiger partial charge in [0.25, 0.3) is 0 Å². The van der Waals surface area contributed by atoms with Gasteiger partial charge in [-0.1, -0.05) is 13.8 Å². The van der Waals surface area contributed by atoms with Gasteiger partial charge < -0.3 is 10.4 Å². The van der Waals surface area contributed by atoms with Crippen molar-refractivity contribution < 1.29 is 14.7 Å². The van der Waals surface area contributed by atoms with Gasteiger partial charge in [0.1, 0.15) is 5.54 Å². The zero-order valence-corrected chi connectivity index (χ0v) is 9.54. The van der Waals surface area contributed by atoms with Crippen molar-refractivity contribution in [3.05, 3.63) is 0 Å². The lowest BCUT2D eigenvalue weighted by Gasteiger charge is -2.27. The van der Waals surface area contributed by atoms with Gasteiger partial charge in [-0.2, -0.15) is 0 Å². The van der Waals surface area contributed by atoms with Crippen molar-refractivity contribution in [2.24, 2.45) is 11.8 Å². The van der Waals surface area contributed by atoms with E-state index in [0.717, 1.165) is 19.3 Å². The molecular weight excluding hydrogens is 194 g/mol. The average Bonchev–Trinajstić information content (AvgIpc) is 2.99. The molecule has 4 nitrogen and oxygen atoms in total. The van der Waals surface area contributed by atoms with Gasteiger partial charge in [-0.05, 0) is 32.1 Å². The highest BCUT2D eigenvalue weighted by Crippen LogP contribution is 2.39. The monoisotopic (exact) mass is 213 g/mol. The molecule has 2 atom stereocenters. The summed E-state index contributed by atoms with van der Waals surface area (Å²) in [7, 11) is 0. The number of aliphatic carboxylic acids is 1. The van der Waals surface area contributed by atoms with E-state index < -0.39 is 11.5 Å². The summed E-state index contributed by atoms with van der Waals surface area (Å²) in [5, 5.41) is 11.8. The molecule has 0 radical (unpaired) electrons. The third kappa shape index (κ3) is 2.49. The molecule has 0 heterocycles. The van der Waals surface area contributed by atoms with Gasteiger partial charge in [0.15, 0.2) is 0 Å². The van der Waals surface area contributed by atoms with Crippen molar-refractivity contribution in [1.82, 2.24) is 5.32 Å². The van der Waals surface area contributed by atoms with Gasteiger partial charge in [0, 0.05) is 5.92 Å². The Morgan fingerprint density at radius 1 is 1.53 bits per heavy atom. The Morgan fingerprint density at radius 2 is 2.07 bits per heavy atom. The maximum Gasteiger partial charge on any atom is 0.329 e. The van der Waals surface area contributed by atoms with E-state index in [4.69, 9.17) is 5.11 Å². The molecule has 1 aliphatic rings. The molecule has 15 heavy (non-hydrogen) atoms. The van der Waals surface area contributed by atoms with E-state index >= 15 is 0 Å². The molecule has 0 spiro atoms. The smallest absolute Gasteiger partial charge is 0.329 e. The van der Waals surface area contributed by atoms with E-state index in [1.165, 1.54) is 0 Å². The molecule has 0 aromatic rings. The van der Waals surface area contributed by atoms with Crippen molar-refractivity contribution in [2.45, 2.75) is 45.6 Å². The number of rotatable bonds is 5. The van der Waals surface area contributed by atoms with Crippen LogP contribution in [0.5, 0.6) is 0 Å². The molecule has 86 valence electrons. The van der Waals surface area contributed by atoms with E-state index in [1.54, 1.807) is 6.92 Å². The molecule has 1 aliphatic carbocycles. The number of amides is 1. The second kappa shape index (κ2) is 4.21. The summed E-state index contributed by atoms with van der Waals surface area (Å²) in [6, 6.07) is 0. The quantitative estimate of drug-likeness (QED) is 0.725. The van der Waals surface area contributed by atoms with Gasteiger partial charge >= 0.3 is 5.97 Å². The molecule has 1 fully saturated rings. The van der Waals surface area contributed by atoms with Crippen LogP contribution in [0.4, 0.5) is 0 Å². The Morgan fingerprint density at radius 3 is 2.40 bits per heavy atom. The third-order valence-electron chi connectivity index (χ3n) is 3.28. The Kier molecular flexibility index (Phi) is 3.37. The summed E-state index contributed by atoms with van der Waals surface area (Å²) in [5.74, 6) is -1.11. The van der Waals surface area contributed by atoms with Gasteiger partial charge in [-0.25, -0.2) is 4.79 Å². The second-order valence-electron chi connectivity index (χ2n) is 4.58. The number of hydrogen-bond acceptors (Lipinski definition) is 2. The topological polar surface area (TPSA) is 66.4 Å².